The van der Waals surface area contributed by atoms with E-state index in [0.717, 1.165) is 22.9 Å². The number of benzene rings is 1. The number of hydrogen-bond acceptors (Lipinski definition) is 4. The number of nitrogens with one attached hydrogen (secondary N) is 2. The minimum Gasteiger partial charge on any atom is -0.486 e. The first kappa shape index (κ1) is 10.0. The Morgan fingerprint density at radius 3 is 2.88 bits per heavy atom. The minimum atomic E-state index is 0.608. The molecule has 2 N–H and O–H groups in total. The van der Waals surface area contributed by atoms with E-state index in [1.807, 2.05) is 24.3 Å². The van der Waals surface area contributed by atoms with Gasteiger partial charge >= 0.3 is 0 Å². The van der Waals surface area contributed by atoms with E-state index in [2.05, 4.69) is 15.5 Å². The molecule has 5 nitrogen and oxygen atoms in total. The molecule has 0 radical (unpaired) electrons. The third kappa shape index (κ3) is 2.18. The van der Waals surface area contributed by atoms with Crippen LogP contribution in [0.25, 0.3) is 0 Å². The predicted octanol–water partition coefficient (Wildman–Crippen LogP) is 1.79. The fraction of sp³-hybridized carbons (Fsp3) is 0.250. The van der Waals surface area contributed by atoms with Crippen LogP contribution in [0.5, 0.6) is 11.5 Å². The van der Waals surface area contributed by atoms with Crippen LogP contribution in [0.3, 0.4) is 0 Å². The number of aromatic nitrogens is 2. The number of aromatic amines is 1. The maximum absolute atomic E-state index is 5.52. The van der Waals surface area contributed by atoms with Gasteiger partial charge in [0.25, 0.3) is 0 Å². The van der Waals surface area contributed by atoms with Crippen LogP contribution in [-0.2, 0) is 6.54 Å². The SMILES string of the molecule is c1cc(CNc2ccc3c(c2)OCCO3)[nH]n1. The summed E-state index contributed by atoms with van der Waals surface area (Å²) in [5, 5.41) is 10.1. The average molecular weight is 231 g/mol. The second-order valence-corrected chi connectivity index (χ2v) is 3.79. The van der Waals surface area contributed by atoms with Gasteiger partial charge < -0.3 is 14.8 Å². The molecule has 0 saturated carbocycles. The van der Waals surface area contributed by atoms with E-state index in [1.165, 1.54) is 0 Å². The number of fused-ring (bicyclic) bond motifs is 1. The number of hydrogen-bond donors (Lipinski definition) is 2. The highest BCUT2D eigenvalue weighted by Crippen LogP contribution is 2.32. The molecule has 88 valence electrons. The fourth-order valence-corrected chi connectivity index (χ4v) is 1.73. The first-order chi connectivity index (χ1) is 8.42. The molecule has 3 rings (SSSR count). The molecule has 2 aromatic rings. The van der Waals surface area contributed by atoms with Crippen molar-refractivity contribution in [2.24, 2.45) is 0 Å². The second-order valence-electron chi connectivity index (χ2n) is 3.79. The molecule has 1 aliphatic rings. The van der Waals surface area contributed by atoms with Crippen molar-refractivity contribution in [3.8, 4) is 11.5 Å². The molecule has 1 aromatic heterocycles. The summed E-state index contributed by atoms with van der Waals surface area (Å²) in [7, 11) is 0. The van der Waals surface area contributed by atoms with Gasteiger partial charge in [-0.15, -0.1) is 0 Å². The van der Waals surface area contributed by atoms with Crippen LogP contribution in [0.15, 0.2) is 30.5 Å². The van der Waals surface area contributed by atoms with E-state index in [0.29, 0.717) is 19.8 Å². The van der Waals surface area contributed by atoms with Crippen LogP contribution < -0.4 is 14.8 Å². The molecule has 0 amide bonds. The minimum absolute atomic E-state index is 0.608. The Labute approximate surface area is 98.8 Å². The van der Waals surface area contributed by atoms with E-state index in [-0.39, 0.29) is 0 Å². The third-order valence-electron chi connectivity index (χ3n) is 2.58. The summed E-state index contributed by atoms with van der Waals surface area (Å²) in [6, 6.07) is 7.78. The molecule has 5 heteroatoms. The zero-order valence-corrected chi connectivity index (χ0v) is 9.27. The first-order valence-electron chi connectivity index (χ1n) is 5.53. The zero-order chi connectivity index (χ0) is 11.5. The van der Waals surface area contributed by atoms with Crippen LogP contribution in [-0.4, -0.2) is 23.4 Å². The van der Waals surface area contributed by atoms with Gasteiger partial charge in [-0.2, -0.15) is 5.10 Å². The molecule has 0 unspecified atom stereocenters. The highest BCUT2D eigenvalue weighted by atomic mass is 16.6. The van der Waals surface area contributed by atoms with E-state index in [1.54, 1.807) is 6.20 Å². The van der Waals surface area contributed by atoms with E-state index in [9.17, 15) is 0 Å². The Balaban J connectivity index is 1.71. The van der Waals surface area contributed by atoms with E-state index in [4.69, 9.17) is 9.47 Å². The summed E-state index contributed by atoms with van der Waals surface area (Å²) in [5.74, 6) is 1.61. The second kappa shape index (κ2) is 4.37. The van der Waals surface area contributed by atoms with Crippen molar-refractivity contribution in [1.82, 2.24) is 10.2 Å². The molecule has 0 atom stereocenters. The lowest BCUT2D eigenvalue weighted by Crippen LogP contribution is -2.15. The largest absolute Gasteiger partial charge is 0.486 e. The molecule has 0 aliphatic carbocycles. The number of anilines is 1. The molecule has 0 fully saturated rings. The van der Waals surface area contributed by atoms with Gasteiger partial charge in [0.1, 0.15) is 13.2 Å². The Hall–Kier alpha value is -2.17. The van der Waals surface area contributed by atoms with Crippen LogP contribution in [0.2, 0.25) is 0 Å². The maximum Gasteiger partial charge on any atom is 0.163 e. The number of nitrogens with zero attached hydrogens (tertiary/aromatic N) is 1. The lowest BCUT2D eigenvalue weighted by molar-refractivity contribution is 0.171. The van der Waals surface area contributed by atoms with Crippen molar-refractivity contribution in [2.75, 3.05) is 18.5 Å². The molecule has 0 spiro atoms. The van der Waals surface area contributed by atoms with Crippen molar-refractivity contribution < 1.29 is 9.47 Å². The Morgan fingerprint density at radius 1 is 1.18 bits per heavy atom. The molecular weight excluding hydrogens is 218 g/mol. The Morgan fingerprint density at radius 2 is 2.06 bits per heavy atom. The van der Waals surface area contributed by atoms with Gasteiger partial charge in [-0.1, -0.05) is 0 Å². The molecule has 2 heterocycles. The summed E-state index contributed by atoms with van der Waals surface area (Å²) >= 11 is 0. The van der Waals surface area contributed by atoms with Gasteiger partial charge in [0.2, 0.25) is 0 Å². The van der Waals surface area contributed by atoms with Crippen LogP contribution in [0.4, 0.5) is 5.69 Å². The molecule has 0 saturated heterocycles. The number of rotatable bonds is 3. The van der Waals surface area contributed by atoms with Crippen molar-refractivity contribution in [2.45, 2.75) is 6.54 Å². The van der Waals surface area contributed by atoms with Gasteiger partial charge in [-0.25, -0.2) is 0 Å². The van der Waals surface area contributed by atoms with Gasteiger partial charge in [0, 0.05) is 18.0 Å². The zero-order valence-electron chi connectivity index (χ0n) is 9.27. The van der Waals surface area contributed by atoms with Crippen molar-refractivity contribution in [1.29, 1.82) is 0 Å². The van der Waals surface area contributed by atoms with Crippen LogP contribution in [0, 0.1) is 0 Å². The lowest BCUT2D eigenvalue weighted by atomic mass is 10.2. The normalized spacial score (nSPS) is 13.4. The topological polar surface area (TPSA) is 59.2 Å². The van der Waals surface area contributed by atoms with E-state index >= 15 is 0 Å². The van der Waals surface area contributed by atoms with Gasteiger partial charge in [-0.05, 0) is 18.2 Å². The summed E-state index contributed by atoms with van der Waals surface area (Å²) in [5.41, 5.74) is 2.05. The van der Waals surface area contributed by atoms with Crippen LogP contribution >= 0.6 is 0 Å². The van der Waals surface area contributed by atoms with Gasteiger partial charge in [-0.3, -0.25) is 5.10 Å². The summed E-state index contributed by atoms with van der Waals surface area (Å²) in [6.07, 6.45) is 1.74. The predicted molar refractivity (Wildman–Crippen MR) is 63.3 cm³/mol. The molecule has 1 aromatic carbocycles. The molecule has 1 aliphatic heterocycles. The smallest absolute Gasteiger partial charge is 0.163 e. The molecular formula is C12H13N3O2. The van der Waals surface area contributed by atoms with Gasteiger partial charge in [0.15, 0.2) is 11.5 Å². The van der Waals surface area contributed by atoms with Crippen molar-refractivity contribution in [3.63, 3.8) is 0 Å². The molecule has 17 heavy (non-hydrogen) atoms. The van der Waals surface area contributed by atoms with Crippen LogP contribution in [0.1, 0.15) is 5.69 Å². The summed E-state index contributed by atoms with van der Waals surface area (Å²) in [4.78, 5) is 0. The monoisotopic (exact) mass is 231 g/mol. The first-order valence-corrected chi connectivity index (χ1v) is 5.53. The standard InChI is InChI=1S/C12H13N3O2/c1-2-11-12(17-6-5-16-11)7-9(1)13-8-10-3-4-14-15-10/h1-4,7,13H,5-6,8H2,(H,14,15). The lowest BCUT2D eigenvalue weighted by Gasteiger charge is -2.19. The Kier molecular flexibility index (Phi) is 2.57. The Bertz CT molecular complexity index is 496. The molecule has 0 bridgehead atoms. The number of ether oxygens (including phenoxy) is 2. The van der Waals surface area contributed by atoms with Crippen molar-refractivity contribution in [3.05, 3.63) is 36.2 Å². The summed E-state index contributed by atoms with van der Waals surface area (Å²) < 4.78 is 11.0. The average Bonchev–Trinajstić information content (AvgIpc) is 2.89. The highest BCUT2D eigenvalue weighted by molar-refractivity contribution is 5.55. The van der Waals surface area contributed by atoms with E-state index < -0.39 is 0 Å². The van der Waals surface area contributed by atoms with Gasteiger partial charge in [0.05, 0.1) is 12.2 Å². The quantitative estimate of drug-likeness (QED) is 0.845. The maximum atomic E-state index is 5.52. The number of H-pyrrole nitrogens is 1. The third-order valence-corrected chi connectivity index (χ3v) is 2.58. The fourth-order valence-electron chi connectivity index (χ4n) is 1.73. The highest BCUT2D eigenvalue weighted by Gasteiger charge is 2.11. The van der Waals surface area contributed by atoms with Crippen molar-refractivity contribution >= 4 is 5.69 Å². The summed E-state index contributed by atoms with van der Waals surface area (Å²) in [6.45, 7) is 1.94.